The molecule has 0 aromatic heterocycles. The van der Waals surface area contributed by atoms with Gasteiger partial charge in [0.05, 0.1) is 26.1 Å². The summed E-state index contributed by atoms with van der Waals surface area (Å²) in [7, 11) is 0. The maximum Gasteiger partial charge on any atom is 0.307 e. The Morgan fingerprint density at radius 2 is 1.38 bits per heavy atom. The SMILES string of the molecule is CCCCN(CCC(=O)OCCO)CCC(=O)OCCO. The molecule has 0 fully saturated rings. The third-order valence-electron chi connectivity index (χ3n) is 2.80. The lowest BCUT2D eigenvalue weighted by Crippen LogP contribution is -2.30. The number of carbonyl (C=O) groups is 2. The number of ether oxygens (including phenoxy) is 2. The molecule has 0 spiro atoms. The topological polar surface area (TPSA) is 96.3 Å². The van der Waals surface area contributed by atoms with E-state index in [1.165, 1.54) is 0 Å². The van der Waals surface area contributed by atoms with Crippen molar-refractivity contribution in [2.45, 2.75) is 32.6 Å². The smallest absolute Gasteiger partial charge is 0.307 e. The summed E-state index contributed by atoms with van der Waals surface area (Å²) in [6.45, 7) is 3.57. The standard InChI is InChI=1S/C14H27NO6/c1-2-3-6-15(7-4-13(18)20-11-9-16)8-5-14(19)21-12-10-17/h16-17H,2-12H2,1H3. The van der Waals surface area contributed by atoms with E-state index in [2.05, 4.69) is 6.92 Å². The van der Waals surface area contributed by atoms with Gasteiger partial charge in [-0.25, -0.2) is 0 Å². The number of carbonyl (C=O) groups excluding carboxylic acids is 2. The van der Waals surface area contributed by atoms with Gasteiger partial charge in [0.2, 0.25) is 0 Å². The number of aliphatic hydroxyl groups excluding tert-OH is 2. The number of rotatable bonds is 13. The van der Waals surface area contributed by atoms with Crippen molar-refractivity contribution in [3.05, 3.63) is 0 Å². The predicted molar refractivity (Wildman–Crippen MR) is 76.7 cm³/mol. The van der Waals surface area contributed by atoms with Crippen molar-refractivity contribution in [2.75, 3.05) is 46.1 Å². The Labute approximate surface area is 125 Å². The van der Waals surface area contributed by atoms with Gasteiger partial charge < -0.3 is 24.6 Å². The molecule has 0 aliphatic carbocycles. The molecular formula is C14H27NO6. The summed E-state index contributed by atoms with van der Waals surface area (Å²) in [6.07, 6.45) is 2.47. The molecule has 0 aliphatic heterocycles. The van der Waals surface area contributed by atoms with E-state index in [1.807, 2.05) is 4.90 Å². The van der Waals surface area contributed by atoms with Crippen molar-refractivity contribution in [1.29, 1.82) is 0 Å². The molecule has 0 aromatic rings. The molecule has 124 valence electrons. The molecular weight excluding hydrogens is 278 g/mol. The highest BCUT2D eigenvalue weighted by Crippen LogP contribution is 2.01. The normalized spacial score (nSPS) is 10.7. The molecule has 21 heavy (non-hydrogen) atoms. The van der Waals surface area contributed by atoms with Gasteiger partial charge in [-0.05, 0) is 13.0 Å². The fourth-order valence-electron chi connectivity index (χ4n) is 1.68. The van der Waals surface area contributed by atoms with Crippen LogP contribution >= 0.6 is 0 Å². The second kappa shape index (κ2) is 13.8. The molecule has 0 rings (SSSR count). The van der Waals surface area contributed by atoms with E-state index in [4.69, 9.17) is 19.7 Å². The van der Waals surface area contributed by atoms with E-state index < -0.39 is 0 Å². The van der Waals surface area contributed by atoms with Gasteiger partial charge in [-0.2, -0.15) is 0 Å². The van der Waals surface area contributed by atoms with Gasteiger partial charge in [0.25, 0.3) is 0 Å². The molecule has 7 heteroatoms. The van der Waals surface area contributed by atoms with Crippen LogP contribution in [0.1, 0.15) is 32.6 Å². The van der Waals surface area contributed by atoms with Gasteiger partial charge in [-0.3, -0.25) is 9.59 Å². The van der Waals surface area contributed by atoms with Gasteiger partial charge in [-0.1, -0.05) is 13.3 Å². The number of esters is 2. The van der Waals surface area contributed by atoms with Crippen molar-refractivity contribution < 1.29 is 29.3 Å². The lowest BCUT2D eigenvalue weighted by molar-refractivity contribution is -0.145. The maximum atomic E-state index is 11.4. The molecule has 0 amide bonds. The van der Waals surface area contributed by atoms with Crippen molar-refractivity contribution >= 4 is 11.9 Å². The summed E-state index contributed by atoms with van der Waals surface area (Å²) < 4.78 is 9.58. The molecule has 0 atom stereocenters. The van der Waals surface area contributed by atoms with Crippen LogP contribution in [0.25, 0.3) is 0 Å². The summed E-state index contributed by atoms with van der Waals surface area (Å²) in [5.74, 6) is -0.707. The Morgan fingerprint density at radius 3 is 1.76 bits per heavy atom. The summed E-state index contributed by atoms with van der Waals surface area (Å²) in [5.41, 5.74) is 0. The van der Waals surface area contributed by atoms with Crippen LogP contribution in [0.4, 0.5) is 0 Å². The van der Waals surface area contributed by atoms with E-state index in [0.717, 1.165) is 19.4 Å². The Balaban J connectivity index is 4.01. The average Bonchev–Trinajstić information content (AvgIpc) is 2.49. The minimum atomic E-state index is -0.353. The highest BCUT2D eigenvalue weighted by molar-refractivity contribution is 5.70. The lowest BCUT2D eigenvalue weighted by Gasteiger charge is -2.21. The van der Waals surface area contributed by atoms with E-state index in [9.17, 15) is 9.59 Å². The third-order valence-corrected chi connectivity index (χ3v) is 2.80. The van der Waals surface area contributed by atoms with Crippen molar-refractivity contribution in [3.63, 3.8) is 0 Å². The first-order chi connectivity index (χ1) is 10.1. The summed E-state index contributed by atoms with van der Waals surface area (Å²) >= 11 is 0. The zero-order valence-corrected chi connectivity index (χ0v) is 12.8. The molecule has 0 aliphatic rings. The van der Waals surface area contributed by atoms with Crippen LogP contribution in [0.2, 0.25) is 0 Å². The Bertz CT molecular complexity index is 261. The molecule has 0 saturated carbocycles. The molecule has 0 bridgehead atoms. The number of unbranched alkanes of at least 4 members (excludes halogenated alkanes) is 1. The number of nitrogens with zero attached hydrogens (tertiary/aromatic N) is 1. The van der Waals surface area contributed by atoms with E-state index >= 15 is 0 Å². The van der Waals surface area contributed by atoms with Gasteiger partial charge in [0, 0.05) is 13.1 Å². The van der Waals surface area contributed by atoms with Crippen LogP contribution in [0.5, 0.6) is 0 Å². The minimum absolute atomic E-state index is 0.0152. The first-order valence-corrected chi connectivity index (χ1v) is 7.39. The summed E-state index contributed by atoms with van der Waals surface area (Å²) in [4.78, 5) is 24.8. The van der Waals surface area contributed by atoms with Crippen molar-refractivity contribution in [1.82, 2.24) is 4.90 Å². The van der Waals surface area contributed by atoms with Crippen LogP contribution in [-0.4, -0.2) is 73.1 Å². The number of hydrogen-bond acceptors (Lipinski definition) is 7. The van der Waals surface area contributed by atoms with E-state index in [0.29, 0.717) is 13.1 Å². The first kappa shape index (κ1) is 19.8. The highest BCUT2D eigenvalue weighted by atomic mass is 16.5. The zero-order valence-electron chi connectivity index (χ0n) is 12.8. The zero-order chi connectivity index (χ0) is 15.9. The third kappa shape index (κ3) is 12.3. The molecule has 0 saturated heterocycles. The van der Waals surface area contributed by atoms with E-state index in [-0.39, 0.29) is 51.2 Å². The Morgan fingerprint density at radius 1 is 0.905 bits per heavy atom. The van der Waals surface area contributed by atoms with Crippen molar-refractivity contribution in [3.8, 4) is 0 Å². The lowest BCUT2D eigenvalue weighted by atomic mass is 10.2. The maximum absolute atomic E-state index is 11.4. The van der Waals surface area contributed by atoms with Gasteiger partial charge in [0.1, 0.15) is 13.2 Å². The quantitative estimate of drug-likeness (QED) is 0.460. The molecule has 0 heterocycles. The number of aliphatic hydroxyl groups is 2. The summed E-state index contributed by atoms with van der Waals surface area (Å²) in [5, 5.41) is 17.1. The largest absolute Gasteiger partial charge is 0.463 e. The molecule has 7 nitrogen and oxygen atoms in total. The van der Waals surface area contributed by atoms with Crippen LogP contribution in [0.15, 0.2) is 0 Å². The van der Waals surface area contributed by atoms with Gasteiger partial charge in [-0.15, -0.1) is 0 Å². The monoisotopic (exact) mass is 305 g/mol. The van der Waals surface area contributed by atoms with Crippen LogP contribution in [0, 0.1) is 0 Å². The fourth-order valence-corrected chi connectivity index (χ4v) is 1.68. The fraction of sp³-hybridized carbons (Fsp3) is 0.857. The Kier molecular flexibility index (Phi) is 13.0. The summed E-state index contributed by atoms with van der Waals surface area (Å²) in [6, 6.07) is 0. The predicted octanol–water partition coefficient (Wildman–Crippen LogP) is -0.0603. The number of hydrogen-bond donors (Lipinski definition) is 2. The highest BCUT2D eigenvalue weighted by Gasteiger charge is 2.11. The van der Waals surface area contributed by atoms with Crippen molar-refractivity contribution in [2.24, 2.45) is 0 Å². The second-order valence-corrected chi connectivity index (χ2v) is 4.58. The van der Waals surface area contributed by atoms with E-state index in [1.54, 1.807) is 0 Å². The van der Waals surface area contributed by atoms with Gasteiger partial charge >= 0.3 is 11.9 Å². The average molecular weight is 305 g/mol. The van der Waals surface area contributed by atoms with Gasteiger partial charge in [0.15, 0.2) is 0 Å². The molecule has 0 aromatic carbocycles. The Hall–Kier alpha value is -1.18. The molecule has 0 unspecified atom stereocenters. The van der Waals surface area contributed by atoms with Crippen LogP contribution < -0.4 is 0 Å². The molecule has 2 N–H and O–H groups in total. The van der Waals surface area contributed by atoms with Crippen LogP contribution in [0.3, 0.4) is 0 Å². The first-order valence-electron chi connectivity index (χ1n) is 7.39. The second-order valence-electron chi connectivity index (χ2n) is 4.58. The van der Waals surface area contributed by atoms with Crippen LogP contribution in [-0.2, 0) is 19.1 Å². The minimum Gasteiger partial charge on any atom is -0.463 e. The molecule has 0 radical (unpaired) electrons.